The SMILES string of the molecule is Cc1ccc(C(Br)c2cc(Cl)sc2Cl)cc1. The molecule has 0 spiro atoms. The lowest BCUT2D eigenvalue weighted by atomic mass is 10.1. The summed E-state index contributed by atoms with van der Waals surface area (Å²) in [5.41, 5.74) is 3.46. The average Bonchev–Trinajstić information content (AvgIpc) is 2.58. The van der Waals surface area contributed by atoms with Crippen LogP contribution in [0.4, 0.5) is 0 Å². The zero-order chi connectivity index (χ0) is 11.7. The summed E-state index contributed by atoms with van der Waals surface area (Å²) in [6.45, 7) is 2.07. The maximum atomic E-state index is 6.13. The van der Waals surface area contributed by atoms with Gasteiger partial charge in [0.05, 0.1) is 13.5 Å². The minimum atomic E-state index is 0.101. The molecule has 0 aliphatic carbocycles. The second-order valence-corrected chi connectivity index (χ2v) is 6.75. The van der Waals surface area contributed by atoms with Crippen LogP contribution in [-0.2, 0) is 0 Å². The number of rotatable bonds is 2. The molecule has 0 aliphatic rings. The molecule has 2 aromatic rings. The summed E-state index contributed by atoms with van der Waals surface area (Å²) >= 11 is 17.1. The topological polar surface area (TPSA) is 0 Å². The largest absolute Gasteiger partial charge is 0.111 e. The van der Waals surface area contributed by atoms with Crippen molar-refractivity contribution >= 4 is 50.5 Å². The lowest BCUT2D eigenvalue weighted by Gasteiger charge is -2.09. The van der Waals surface area contributed by atoms with Crippen molar-refractivity contribution in [2.24, 2.45) is 0 Å². The molecule has 0 N–H and O–H groups in total. The summed E-state index contributed by atoms with van der Waals surface area (Å²) < 4.78 is 1.46. The van der Waals surface area contributed by atoms with E-state index in [1.807, 2.05) is 6.07 Å². The number of halogens is 3. The van der Waals surface area contributed by atoms with Gasteiger partial charge in [-0.2, -0.15) is 0 Å². The van der Waals surface area contributed by atoms with E-state index in [4.69, 9.17) is 23.2 Å². The van der Waals surface area contributed by atoms with Crippen molar-refractivity contribution in [2.45, 2.75) is 11.8 Å². The second-order valence-electron chi connectivity index (χ2n) is 3.55. The van der Waals surface area contributed by atoms with Crippen molar-refractivity contribution in [3.63, 3.8) is 0 Å². The highest BCUT2D eigenvalue weighted by molar-refractivity contribution is 9.09. The van der Waals surface area contributed by atoms with Gasteiger partial charge in [0.25, 0.3) is 0 Å². The predicted octanol–water partition coefficient (Wildman–Crippen LogP) is 5.85. The van der Waals surface area contributed by atoms with Gasteiger partial charge in [-0.3, -0.25) is 0 Å². The normalized spacial score (nSPS) is 12.8. The summed E-state index contributed by atoms with van der Waals surface area (Å²) in [4.78, 5) is 0.101. The van der Waals surface area contributed by atoms with Gasteiger partial charge in [-0.15, -0.1) is 11.3 Å². The van der Waals surface area contributed by atoms with E-state index in [2.05, 4.69) is 47.1 Å². The van der Waals surface area contributed by atoms with Crippen LogP contribution in [0, 0.1) is 6.92 Å². The second kappa shape index (κ2) is 5.09. The highest BCUT2D eigenvalue weighted by Crippen LogP contribution is 2.41. The molecular formula is C12H9BrCl2S. The fourth-order valence-corrected chi connectivity index (χ4v) is 3.92. The molecule has 16 heavy (non-hydrogen) atoms. The number of hydrogen-bond acceptors (Lipinski definition) is 1. The van der Waals surface area contributed by atoms with Crippen LogP contribution >= 0.6 is 50.5 Å². The third kappa shape index (κ3) is 2.62. The predicted molar refractivity (Wildman–Crippen MR) is 76.3 cm³/mol. The fourth-order valence-electron chi connectivity index (χ4n) is 1.44. The summed E-state index contributed by atoms with van der Waals surface area (Å²) in [6.07, 6.45) is 0. The van der Waals surface area contributed by atoms with E-state index in [1.165, 1.54) is 22.5 Å². The number of thiophene rings is 1. The van der Waals surface area contributed by atoms with Gasteiger partial charge in [0.1, 0.15) is 0 Å². The van der Waals surface area contributed by atoms with Crippen molar-refractivity contribution in [1.82, 2.24) is 0 Å². The van der Waals surface area contributed by atoms with Crippen molar-refractivity contribution in [3.8, 4) is 0 Å². The summed E-state index contributed by atoms with van der Waals surface area (Å²) in [5.74, 6) is 0. The van der Waals surface area contributed by atoms with Crippen molar-refractivity contribution < 1.29 is 0 Å². The first-order valence-corrected chi connectivity index (χ1v) is 7.22. The van der Waals surface area contributed by atoms with Crippen LogP contribution in [0.15, 0.2) is 30.3 Å². The van der Waals surface area contributed by atoms with Crippen LogP contribution in [-0.4, -0.2) is 0 Å². The van der Waals surface area contributed by atoms with E-state index in [1.54, 1.807) is 0 Å². The zero-order valence-corrected chi connectivity index (χ0v) is 12.4. The molecular weight excluding hydrogens is 327 g/mol. The van der Waals surface area contributed by atoms with Crippen LogP contribution < -0.4 is 0 Å². The molecule has 0 aliphatic heterocycles. The first-order valence-electron chi connectivity index (χ1n) is 4.73. The Morgan fingerprint density at radius 3 is 2.31 bits per heavy atom. The van der Waals surface area contributed by atoms with Gasteiger partial charge >= 0.3 is 0 Å². The van der Waals surface area contributed by atoms with Crippen molar-refractivity contribution in [2.75, 3.05) is 0 Å². The Kier molecular flexibility index (Phi) is 3.96. The molecule has 2 rings (SSSR count). The molecule has 0 bridgehead atoms. The Balaban J connectivity index is 2.35. The fraction of sp³-hybridized carbons (Fsp3) is 0.167. The number of benzene rings is 1. The maximum Gasteiger partial charge on any atom is 0.0990 e. The summed E-state index contributed by atoms with van der Waals surface area (Å²) in [7, 11) is 0. The highest BCUT2D eigenvalue weighted by atomic mass is 79.9. The van der Waals surface area contributed by atoms with Crippen LogP contribution in [0.25, 0.3) is 0 Å². The van der Waals surface area contributed by atoms with E-state index in [0.717, 1.165) is 14.2 Å². The Hall–Kier alpha value is -0.0200. The monoisotopic (exact) mass is 334 g/mol. The lowest BCUT2D eigenvalue weighted by Crippen LogP contribution is -1.91. The first kappa shape index (κ1) is 12.4. The van der Waals surface area contributed by atoms with Gasteiger partial charge in [-0.1, -0.05) is 69.0 Å². The van der Waals surface area contributed by atoms with Crippen LogP contribution in [0.1, 0.15) is 21.5 Å². The molecule has 0 amide bonds. The third-order valence-corrected chi connectivity index (χ3v) is 4.87. The molecule has 84 valence electrons. The molecule has 0 saturated heterocycles. The molecule has 1 atom stereocenters. The van der Waals surface area contributed by atoms with Gasteiger partial charge in [-0.05, 0) is 18.6 Å². The van der Waals surface area contributed by atoms with E-state index in [9.17, 15) is 0 Å². The van der Waals surface area contributed by atoms with Gasteiger partial charge in [0.2, 0.25) is 0 Å². The quantitative estimate of drug-likeness (QED) is 0.604. The maximum absolute atomic E-state index is 6.13. The summed E-state index contributed by atoms with van der Waals surface area (Å²) in [6, 6.07) is 10.3. The highest BCUT2D eigenvalue weighted by Gasteiger charge is 2.16. The number of aryl methyl sites for hydroxylation is 1. The molecule has 4 heteroatoms. The Morgan fingerprint density at radius 2 is 1.81 bits per heavy atom. The molecule has 0 saturated carbocycles. The molecule has 0 radical (unpaired) electrons. The lowest BCUT2D eigenvalue weighted by molar-refractivity contribution is 1.19. The van der Waals surface area contributed by atoms with Gasteiger partial charge in [0, 0.05) is 5.56 Å². The van der Waals surface area contributed by atoms with E-state index in [0.29, 0.717) is 0 Å². The zero-order valence-electron chi connectivity index (χ0n) is 8.51. The number of hydrogen-bond donors (Lipinski definition) is 0. The number of alkyl halides is 1. The van der Waals surface area contributed by atoms with Gasteiger partial charge in [0.15, 0.2) is 0 Å². The molecule has 1 heterocycles. The Bertz CT molecular complexity index is 490. The molecule has 0 nitrogen and oxygen atoms in total. The van der Waals surface area contributed by atoms with E-state index in [-0.39, 0.29) is 4.83 Å². The van der Waals surface area contributed by atoms with Crippen molar-refractivity contribution in [3.05, 3.63) is 55.7 Å². The first-order chi connectivity index (χ1) is 7.58. The molecule has 1 aromatic carbocycles. The average molecular weight is 336 g/mol. The van der Waals surface area contributed by atoms with E-state index < -0.39 is 0 Å². The smallest absolute Gasteiger partial charge is 0.0990 e. The van der Waals surface area contributed by atoms with Crippen LogP contribution in [0.5, 0.6) is 0 Å². The molecule has 1 aromatic heterocycles. The minimum absolute atomic E-state index is 0.101. The van der Waals surface area contributed by atoms with E-state index >= 15 is 0 Å². The Labute approximate surface area is 117 Å². The van der Waals surface area contributed by atoms with Gasteiger partial charge in [-0.25, -0.2) is 0 Å². The van der Waals surface area contributed by atoms with Gasteiger partial charge < -0.3 is 0 Å². The van der Waals surface area contributed by atoms with Crippen LogP contribution in [0.3, 0.4) is 0 Å². The standard InChI is InChI=1S/C12H9BrCl2S/c1-7-2-4-8(5-3-7)11(13)9-6-10(14)16-12(9)15/h2-6,11H,1H3. The molecule has 1 unspecified atom stereocenters. The Morgan fingerprint density at radius 1 is 1.19 bits per heavy atom. The van der Waals surface area contributed by atoms with Crippen molar-refractivity contribution in [1.29, 1.82) is 0 Å². The molecule has 0 fully saturated rings. The summed E-state index contributed by atoms with van der Waals surface area (Å²) in [5, 5.41) is 0. The van der Waals surface area contributed by atoms with Crippen LogP contribution in [0.2, 0.25) is 8.67 Å². The third-order valence-electron chi connectivity index (χ3n) is 2.33. The minimum Gasteiger partial charge on any atom is -0.111 e.